The van der Waals surface area contributed by atoms with Gasteiger partial charge in [-0.05, 0) is 24.3 Å². The van der Waals surface area contributed by atoms with Gasteiger partial charge in [-0.25, -0.2) is 4.98 Å². The SMILES string of the molecule is O=C(Cn1cnc2sccc2c1=O)NC1CCCCC1. The first-order valence-electron chi connectivity index (χ1n) is 6.96. The van der Waals surface area contributed by atoms with E-state index in [1.54, 1.807) is 6.07 Å². The molecule has 0 saturated heterocycles. The second-order valence-corrected chi connectivity index (χ2v) is 6.11. The van der Waals surface area contributed by atoms with Crippen LogP contribution in [0.1, 0.15) is 32.1 Å². The van der Waals surface area contributed by atoms with Gasteiger partial charge in [-0.15, -0.1) is 11.3 Å². The fourth-order valence-electron chi connectivity index (χ4n) is 2.68. The molecule has 2 heterocycles. The van der Waals surface area contributed by atoms with Crippen molar-refractivity contribution in [3.8, 4) is 0 Å². The minimum Gasteiger partial charge on any atom is -0.352 e. The Balaban J connectivity index is 1.70. The highest BCUT2D eigenvalue weighted by Crippen LogP contribution is 2.17. The number of carbonyl (C=O) groups is 1. The molecule has 1 saturated carbocycles. The van der Waals surface area contributed by atoms with Crippen molar-refractivity contribution in [2.75, 3.05) is 0 Å². The molecule has 0 aromatic carbocycles. The zero-order chi connectivity index (χ0) is 13.9. The summed E-state index contributed by atoms with van der Waals surface area (Å²) in [7, 11) is 0. The molecule has 106 valence electrons. The lowest BCUT2D eigenvalue weighted by Gasteiger charge is -2.22. The second kappa shape index (κ2) is 5.75. The molecule has 0 spiro atoms. The average Bonchev–Trinajstić information content (AvgIpc) is 2.92. The molecule has 6 heteroatoms. The molecular formula is C14H17N3O2S. The molecule has 1 fully saturated rings. The fraction of sp³-hybridized carbons (Fsp3) is 0.500. The minimum absolute atomic E-state index is 0.0497. The predicted octanol–water partition coefficient (Wildman–Crippen LogP) is 1.91. The van der Waals surface area contributed by atoms with Crippen LogP contribution in [0, 0.1) is 0 Å². The maximum absolute atomic E-state index is 12.2. The van der Waals surface area contributed by atoms with Crippen molar-refractivity contribution >= 4 is 27.5 Å². The zero-order valence-corrected chi connectivity index (χ0v) is 12.0. The van der Waals surface area contributed by atoms with E-state index in [9.17, 15) is 9.59 Å². The molecular weight excluding hydrogens is 274 g/mol. The molecule has 2 aromatic rings. The Morgan fingerprint density at radius 3 is 3.00 bits per heavy atom. The van der Waals surface area contributed by atoms with Gasteiger partial charge in [-0.3, -0.25) is 14.2 Å². The van der Waals surface area contributed by atoms with Gasteiger partial charge in [0.25, 0.3) is 5.56 Å². The van der Waals surface area contributed by atoms with Crippen molar-refractivity contribution < 1.29 is 4.79 Å². The van der Waals surface area contributed by atoms with E-state index in [1.807, 2.05) is 5.38 Å². The Hall–Kier alpha value is -1.69. The van der Waals surface area contributed by atoms with Crippen LogP contribution in [0.15, 0.2) is 22.6 Å². The number of carbonyl (C=O) groups excluding carboxylic acids is 1. The summed E-state index contributed by atoms with van der Waals surface area (Å²) in [4.78, 5) is 29.1. The lowest BCUT2D eigenvalue weighted by Crippen LogP contribution is -2.39. The van der Waals surface area contributed by atoms with Crippen molar-refractivity contribution in [2.24, 2.45) is 0 Å². The predicted molar refractivity (Wildman–Crippen MR) is 78.9 cm³/mol. The maximum Gasteiger partial charge on any atom is 0.262 e. The number of thiophene rings is 1. The third kappa shape index (κ3) is 2.75. The van der Waals surface area contributed by atoms with Crippen LogP contribution in [0.3, 0.4) is 0 Å². The van der Waals surface area contributed by atoms with Gasteiger partial charge >= 0.3 is 0 Å². The molecule has 5 nitrogen and oxygen atoms in total. The van der Waals surface area contributed by atoms with Gasteiger partial charge in [0.1, 0.15) is 11.4 Å². The molecule has 0 bridgehead atoms. The lowest BCUT2D eigenvalue weighted by atomic mass is 9.95. The van der Waals surface area contributed by atoms with E-state index in [1.165, 1.54) is 41.5 Å². The second-order valence-electron chi connectivity index (χ2n) is 5.22. The third-order valence-electron chi connectivity index (χ3n) is 3.73. The normalized spacial score (nSPS) is 16.4. The van der Waals surface area contributed by atoms with Gasteiger partial charge in [0, 0.05) is 6.04 Å². The van der Waals surface area contributed by atoms with E-state index in [-0.39, 0.29) is 24.1 Å². The summed E-state index contributed by atoms with van der Waals surface area (Å²) in [6, 6.07) is 2.02. The Morgan fingerprint density at radius 1 is 1.40 bits per heavy atom. The smallest absolute Gasteiger partial charge is 0.262 e. The number of hydrogen-bond acceptors (Lipinski definition) is 4. The molecule has 1 aliphatic rings. The Labute approximate surface area is 120 Å². The van der Waals surface area contributed by atoms with Crippen LogP contribution >= 0.6 is 11.3 Å². The molecule has 2 aromatic heterocycles. The van der Waals surface area contributed by atoms with Crippen molar-refractivity contribution in [1.29, 1.82) is 0 Å². The Kier molecular flexibility index (Phi) is 3.82. The molecule has 1 N–H and O–H groups in total. The average molecular weight is 291 g/mol. The first-order valence-corrected chi connectivity index (χ1v) is 7.84. The monoisotopic (exact) mass is 291 g/mol. The van der Waals surface area contributed by atoms with Gasteiger partial charge in [0.2, 0.25) is 5.91 Å². The molecule has 0 aliphatic heterocycles. The summed E-state index contributed by atoms with van der Waals surface area (Å²) < 4.78 is 1.38. The van der Waals surface area contributed by atoms with Crippen LogP contribution in [0.25, 0.3) is 10.2 Å². The summed E-state index contributed by atoms with van der Waals surface area (Å²) in [5.74, 6) is -0.102. The van der Waals surface area contributed by atoms with Gasteiger partial charge in [-0.2, -0.15) is 0 Å². The molecule has 20 heavy (non-hydrogen) atoms. The summed E-state index contributed by atoms with van der Waals surface area (Å²) in [5.41, 5.74) is -0.143. The van der Waals surface area contributed by atoms with Crippen LogP contribution in [-0.4, -0.2) is 21.5 Å². The largest absolute Gasteiger partial charge is 0.352 e. The number of fused-ring (bicyclic) bond motifs is 1. The third-order valence-corrected chi connectivity index (χ3v) is 4.56. The van der Waals surface area contributed by atoms with E-state index < -0.39 is 0 Å². The van der Waals surface area contributed by atoms with Crippen LogP contribution in [0.4, 0.5) is 0 Å². The van der Waals surface area contributed by atoms with Crippen LogP contribution < -0.4 is 10.9 Å². The lowest BCUT2D eigenvalue weighted by molar-refractivity contribution is -0.122. The molecule has 0 atom stereocenters. The number of hydrogen-bond donors (Lipinski definition) is 1. The van der Waals surface area contributed by atoms with E-state index in [4.69, 9.17) is 0 Å². The Morgan fingerprint density at radius 2 is 2.20 bits per heavy atom. The topological polar surface area (TPSA) is 64.0 Å². The minimum atomic E-state index is -0.143. The van der Waals surface area contributed by atoms with Gasteiger partial charge in [0.15, 0.2) is 0 Å². The summed E-state index contributed by atoms with van der Waals surface area (Å²) in [6.07, 6.45) is 7.15. The number of rotatable bonds is 3. The van der Waals surface area contributed by atoms with Crippen LogP contribution in [-0.2, 0) is 11.3 Å². The molecule has 1 aliphatic carbocycles. The number of amides is 1. The van der Waals surface area contributed by atoms with Crippen molar-refractivity contribution in [3.63, 3.8) is 0 Å². The van der Waals surface area contributed by atoms with Gasteiger partial charge < -0.3 is 5.32 Å². The molecule has 1 amide bonds. The molecule has 0 unspecified atom stereocenters. The fourth-order valence-corrected chi connectivity index (χ4v) is 3.40. The van der Waals surface area contributed by atoms with E-state index in [0.29, 0.717) is 5.39 Å². The summed E-state index contributed by atoms with van der Waals surface area (Å²) in [6.45, 7) is 0.0497. The highest BCUT2D eigenvalue weighted by atomic mass is 32.1. The quantitative estimate of drug-likeness (QED) is 0.939. The van der Waals surface area contributed by atoms with Gasteiger partial charge in [0.05, 0.1) is 11.7 Å². The zero-order valence-electron chi connectivity index (χ0n) is 11.2. The van der Waals surface area contributed by atoms with E-state index in [2.05, 4.69) is 10.3 Å². The van der Waals surface area contributed by atoms with Crippen molar-refractivity contribution in [3.05, 3.63) is 28.1 Å². The van der Waals surface area contributed by atoms with Gasteiger partial charge in [-0.1, -0.05) is 19.3 Å². The van der Waals surface area contributed by atoms with Crippen LogP contribution in [0.5, 0.6) is 0 Å². The maximum atomic E-state index is 12.2. The number of nitrogens with one attached hydrogen (secondary N) is 1. The standard InChI is InChI=1S/C14H17N3O2S/c18-12(16-10-4-2-1-3-5-10)8-17-9-15-13-11(14(17)19)6-7-20-13/h6-7,9-10H,1-5,8H2,(H,16,18). The first-order chi connectivity index (χ1) is 9.74. The van der Waals surface area contributed by atoms with Crippen molar-refractivity contribution in [2.45, 2.75) is 44.7 Å². The Bertz CT molecular complexity index is 670. The number of aromatic nitrogens is 2. The molecule has 3 rings (SSSR count). The highest BCUT2D eigenvalue weighted by molar-refractivity contribution is 7.16. The van der Waals surface area contributed by atoms with Crippen molar-refractivity contribution in [1.82, 2.24) is 14.9 Å². The highest BCUT2D eigenvalue weighted by Gasteiger charge is 2.16. The van der Waals surface area contributed by atoms with E-state index in [0.717, 1.165) is 17.7 Å². The number of nitrogens with zero attached hydrogens (tertiary/aromatic N) is 2. The summed E-state index contributed by atoms with van der Waals surface area (Å²) >= 11 is 1.43. The molecule has 0 radical (unpaired) electrons. The van der Waals surface area contributed by atoms with Crippen LogP contribution in [0.2, 0.25) is 0 Å². The van der Waals surface area contributed by atoms with E-state index >= 15 is 0 Å². The first kappa shape index (κ1) is 13.3. The summed E-state index contributed by atoms with van der Waals surface area (Å²) in [5, 5.41) is 5.44.